The van der Waals surface area contributed by atoms with Crippen molar-refractivity contribution in [2.75, 3.05) is 13.2 Å². The molecule has 22 heavy (non-hydrogen) atoms. The van der Waals surface area contributed by atoms with Crippen LogP contribution in [0.1, 0.15) is 50.5 Å². The summed E-state index contributed by atoms with van der Waals surface area (Å²) in [5.41, 5.74) is 1.34. The average molecular weight is 434 g/mol. The summed E-state index contributed by atoms with van der Waals surface area (Å²) in [6.45, 7) is 1.55. The lowest BCUT2D eigenvalue weighted by atomic mass is 10.0. The molecule has 1 unspecified atom stereocenters. The number of benzene rings is 1. The average Bonchev–Trinajstić information content (AvgIpc) is 3.33. The summed E-state index contributed by atoms with van der Waals surface area (Å²) in [5, 5.41) is 0. The molecule has 0 aliphatic carbocycles. The maximum atomic E-state index is 5.86. The summed E-state index contributed by atoms with van der Waals surface area (Å²) in [6.07, 6.45) is 10.6. The Kier molecular flexibility index (Phi) is 8.86. The molecule has 0 aromatic heterocycles. The minimum absolute atomic E-state index is 0.326. The van der Waals surface area contributed by atoms with Gasteiger partial charge >= 0.3 is 0 Å². The maximum absolute atomic E-state index is 5.86. The molecule has 2 rings (SSSR count). The SMILES string of the molecule is BrC(Br)CCCCCCCCc1ccccc1OCC1CO1. The van der Waals surface area contributed by atoms with Gasteiger partial charge in [-0.15, -0.1) is 0 Å². The van der Waals surface area contributed by atoms with Crippen LogP contribution in [0.3, 0.4) is 0 Å². The Morgan fingerprint density at radius 1 is 1.05 bits per heavy atom. The quantitative estimate of drug-likeness (QED) is 0.234. The predicted octanol–water partition coefficient (Wildman–Crippen LogP) is 5.85. The standard InChI is InChI=1S/C18H26Br2O2/c19-18(20)12-6-4-2-1-3-5-9-15-10-7-8-11-17(15)22-14-16-13-21-16/h7-8,10-11,16,18H,1-6,9,12-14H2. The Morgan fingerprint density at radius 3 is 2.45 bits per heavy atom. The van der Waals surface area contributed by atoms with Gasteiger partial charge in [-0.2, -0.15) is 0 Å². The van der Waals surface area contributed by atoms with E-state index in [4.69, 9.17) is 9.47 Å². The zero-order valence-electron chi connectivity index (χ0n) is 13.1. The maximum Gasteiger partial charge on any atom is 0.122 e. The molecule has 1 aromatic rings. The minimum Gasteiger partial charge on any atom is -0.491 e. The fraction of sp³-hybridized carbons (Fsp3) is 0.667. The molecule has 2 nitrogen and oxygen atoms in total. The molecule has 0 saturated carbocycles. The summed E-state index contributed by atoms with van der Waals surface area (Å²) >= 11 is 7.05. The Balaban J connectivity index is 1.56. The van der Waals surface area contributed by atoms with Crippen molar-refractivity contribution in [2.45, 2.75) is 61.2 Å². The minimum atomic E-state index is 0.326. The number of ether oxygens (including phenoxy) is 2. The van der Waals surface area contributed by atoms with Crippen LogP contribution in [0.5, 0.6) is 5.75 Å². The lowest BCUT2D eigenvalue weighted by molar-refractivity contribution is 0.261. The van der Waals surface area contributed by atoms with E-state index in [1.165, 1.54) is 50.5 Å². The topological polar surface area (TPSA) is 21.8 Å². The summed E-state index contributed by atoms with van der Waals surface area (Å²) in [4.78, 5) is 0. The molecule has 4 heteroatoms. The number of epoxide rings is 1. The molecular formula is C18H26Br2O2. The van der Waals surface area contributed by atoms with E-state index >= 15 is 0 Å². The van der Waals surface area contributed by atoms with Gasteiger partial charge in [0, 0.05) is 0 Å². The lowest BCUT2D eigenvalue weighted by Gasteiger charge is -2.10. The van der Waals surface area contributed by atoms with Crippen molar-refractivity contribution < 1.29 is 9.47 Å². The first kappa shape index (κ1) is 18.3. The van der Waals surface area contributed by atoms with Gasteiger partial charge in [0.2, 0.25) is 0 Å². The summed E-state index contributed by atoms with van der Waals surface area (Å²) in [7, 11) is 0. The lowest BCUT2D eigenvalue weighted by Crippen LogP contribution is -2.05. The zero-order valence-corrected chi connectivity index (χ0v) is 16.3. The van der Waals surface area contributed by atoms with Crippen LogP contribution in [0.15, 0.2) is 24.3 Å². The number of para-hydroxylation sites is 1. The highest BCUT2D eigenvalue weighted by Gasteiger charge is 2.23. The van der Waals surface area contributed by atoms with E-state index in [2.05, 4.69) is 50.1 Å². The normalized spacial score (nSPS) is 17.0. The molecule has 1 heterocycles. The van der Waals surface area contributed by atoms with Crippen molar-refractivity contribution in [3.63, 3.8) is 0 Å². The van der Waals surface area contributed by atoms with Crippen LogP contribution in [-0.2, 0) is 11.2 Å². The van der Waals surface area contributed by atoms with Gasteiger partial charge in [-0.3, -0.25) is 0 Å². The van der Waals surface area contributed by atoms with Crippen LogP contribution in [0.4, 0.5) is 0 Å². The van der Waals surface area contributed by atoms with Gasteiger partial charge in [0.1, 0.15) is 18.5 Å². The third-order valence-electron chi connectivity index (χ3n) is 3.92. The number of aryl methyl sites for hydroxylation is 1. The van der Waals surface area contributed by atoms with Gasteiger partial charge < -0.3 is 9.47 Å². The molecule has 0 bridgehead atoms. The summed E-state index contributed by atoms with van der Waals surface area (Å²) < 4.78 is 11.5. The molecule has 0 spiro atoms. The van der Waals surface area contributed by atoms with Gasteiger partial charge in [0.05, 0.1) is 10.3 Å². The van der Waals surface area contributed by atoms with E-state index in [-0.39, 0.29) is 0 Å². The van der Waals surface area contributed by atoms with Crippen LogP contribution in [0.25, 0.3) is 0 Å². The van der Waals surface area contributed by atoms with Crippen LogP contribution >= 0.6 is 31.9 Å². The molecule has 0 N–H and O–H groups in total. The largest absolute Gasteiger partial charge is 0.491 e. The fourth-order valence-corrected chi connectivity index (χ4v) is 3.17. The van der Waals surface area contributed by atoms with Crippen molar-refractivity contribution in [3.05, 3.63) is 29.8 Å². The highest BCUT2D eigenvalue weighted by atomic mass is 79.9. The molecule has 124 valence electrons. The van der Waals surface area contributed by atoms with Crippen LogP contribution < -0.4 is 4.74 Å². The zero-order chi connectivity index (χ0) is 15.6. The van der Waals surface area contributed by atoms with Crippen LogP contribution in [0.2, 0.25) is 0 Å². The third kappa shape index (κ3) is 7.98. The van der Waals surface area contributed by atoms with Gasteiger partial charge in [-0.1, -0.05) is 82.2 Å². The Bertz CT molecular complexity index is 419. The number of hydrogen-bond donors (Lipinski definition) is 0. The van der Waals surface area contributed by atoms with Gasteiger partial charge in [-0.25, -0.2) is 0 Å². The van der Waals surface area contributed by atoms with E-state index in [9.17, 15) is 0 Å². The van der Waals surface area contributed by atoms with E-state index in [0.717, 1.165) is 18.8 Å². The number of halogens is 2. The van der Waals surface area contributed by atoms with E-state index < -0.39 is 0 Å². The summed E-state index contributed by atoms with van der Waals surface area (Å²) in [5.74, 6) is 1.04. The second-order valence-electron chi connectivity index (χ2n) is 5.93. The first-order valence-electron chi connectivity index (χ1n) is 8.36. The number of rotatable bonds is 12. The molecule has 1 aliphatic rings. The Hall–Kier alpha value is -0.0600. The molecule has 1 atom stereocenters. The molecule has 1 fully saturated rings. The monoisotopic (exact) mass is 432 g/mol. The molecule has 0 amide bonds. The highest BCUT2D eigenvalue weighted by molar-refractivity contribution is 9.24. The van der Waals surface area contributed by atoms with Gasteiger partial charge in [0.15, 0.2) is 0 Å². The molecule has 1 aliphatic heterocycles. The number of alkyl halides is 2. The van der Waals surface area contributed by atoms with Crippen molar-refractivity contribution in [2.24, 2.45) is 0 Å². The van der Waals surface area contributed by atoms with E-state index in [0.29, 0.717) is 16.4 Å². The van der Waals surface area contributed by atoms with Crippen LogP contribution in [-0.4, -0.2) is 23.1 Å². The second-order valence-corrected chi connectivity index (χ2v) is 9.36. The first-order chi connectivity index (χ1) is 10.8. The number of hydrogen-bond acceptors (Lipinski definition) is 2. The van der Waals surface area contributed by atoms with Gasteiger partial charge in [-0.05, 0) is 30.9 Å². The molecule has 1 saturated heterocycles. The molecular weight excluding hydrogens is 408 g/mol. The van der Waals surface area contributed by atoms with Crippen molar-refractivity contribution in [1.82, 2.24) is 0 Å². The Labute approximate surface area is 151 Å². The third-order valence-corrected chi connectivity index (χ3v) is 4.83. The van der Waals surface area contributed by atoms with Crippen molar-refractivity contribution in [1.29, 1.82) is 0 Å². The van der Waals surface area contributed by atoms with Gasteiger partial charge in [0.25, 0.3) is 0 Å². The number of unbranched alkanes of at least 4 members (excludes halogenated alkanes) is 5. The first-order valence-corrected chi connectivity index (χ1v) is 10.2. The highest BCUT2D eigenvalue weighted by Crippen LogP contribution is 2.23. The summed E-state index contributed by atoms with van der Waals surface area (Å²) in [6, 6.07) is 8.42. The molecule has 1 aromatic carbocycles. The smallest absolute Gasteiger partial charge is 0.122 e. The van der Waals surface area contributed by atoms with E-state index in [1.807, 2.05) is 6.07 Å². The second kappa shape index (κ2) is 10.7. The predicted molar refractivity (Wildman–Crippen MR) is 99.3 cm³/mol. The molecule has 0 radical (unpaired) electrons. The fourth-order valence-electron chi connectivity index (χ4n) is 2.52. The van der Waals surface area contributed by atoms with Crippen molar-refractivity contribution >= 4 is 31.9 Å². The van der Waals surface area contributed by atoms with Crippen molar-refractivity contribution in [3.8, 4) is 5.75 Å². The Morgan fingerprint density at radius 2 is 1.73 bits per heavy atom. The van der Waals surface area contributed by atoms with Crippen LogP contribution in [0, 0.1) is 0 Å². The van der Waals surface area contributed by atoms with E-state index in [1.54, 1.807) is 0 Å².